The van der Waals surface area contributed by atoms with Crippen LogP contribution in [0.1, 0.15) is 46.0 Å². The van der Waals surface area contributed by atoms with Crippen LogP contribution in [-0.4, -0.2) is 23.4 Å². The van der Waals surface area contributed by atoms with E-state index in [9.17, 15) is 9.59 Å². The van der Waals surface area contributed by atoms with E-state index in [1.54, 1.807) is 0 Å². The molecule has 0 bridgehead atoms. The summed E-state index contributed by atoms with van der Waals surface area (Å²) < 4.78 is 0. The van der Waals surface area contributed by atoms with Crippen molar-refractivity contribution in [1.29, 1.82) is 0 Å². The number of nitrogens with two attached hydrogens (primary N) is 1. The first-order valence-electron chi connectivity index (χ1n) is 6.05. The zero-order valence-electron chi connectivity index (χ0n) is 10.2. The summed E-state index contributed by atoms with van der Waals surface area (Å²) in [4.78, 5) is 23.0. The van der Waals surface area contributed by atoms with Crippen LogP contribution in [0, 0.1) is 11.8 Å². The second kappa shape index (κ2) is 8.28. The van der Waals surface area contributed by atoms with Crippen molar-refractivity contribution >= 4 is 11.8 Å². The molecule has 4 nitrogen and oxygen atoms in total. The van der Waals surface area contributed by atoms with Crippen molar-refractivity contribution in [1.82, 2.24) is 0 Å². The first kappa shape index (κ1) is 15.1. The number of carboxylic acid groups (broad SMARTS) is 1. The van der Waals surface area contributed by atoms with Gasteiger partial charge in [-0.1, -0.05) is 26.7 Å². The van der Waals surface area contributed by atoms with Crippen LogP contribution in [0.25, 0.3) is 0 Å². The zero-order chi connectivity index (χ0) is 12.6. The van der Waals surface area contributed by atoms with Crippen LogP contribution in [0.2, 0.25) is 0 Å². The fourth-order valence-corrected chi connectivity index (χ4v) is 1.96. The van der Waals surface area contributed by atoms with E-state index in [0.717, 1.165) is 25.7 Å². The quantitative estimate of drug-likeness (QED) is 0.591. The summed E-state index contributed by atoms with van der Waals surface area (Å²) in [6.45, 7) is 4.26. The van der Waals surface area contributed by atoms with Crippen molar-refractivity contribution in [2.45, 2.75) is 46.0 Å². The molecular weight excluding hydrogens is 206 g/mol. The highest BCUT2D eigenvalue weighted by atomic mass is 16.4. The minimum absolute atomic E-state index is 0.109. The van der Waals surface area contributed by atoms with Gasteiger partial charge in [-0.15, -0.1) is 0 Å². The summed E-state index contributed by atoms with van der Waals surface area (Å²) in [5, 5.41) is 8.98. The van der Waals surface area contributed by atoms with Gasteiger partial charge in [-0.3, -0.25) is 9.59 Å². The molecule has 0 aromatic carbocycles. The highest BCUT2D eigenvalue weighted by molar-refractivity contribution is 5.99. The summed E-state index contributed by atoms with van der Waals surface area (Å²) in [6.07, 6.45) is 3.62. The number of Topliss-reactive ketones (excluding diaryl/α,β-unsaturated/α-hetero) is 1. The molecule has 16 heavy (non-hydrogen) atoms. The molecule has 0 aromatic rings. The third kappa shape index (κ3) is 4.75. The van der Waals surface area contributed by atoms with Gasteiger partial charge in [0, 0.05) is 5.92 Å². The van der Waals surface area contributed by atoms with Gasteiger partial charge in [0.1, 0.15) is 11.7 Å². The first-order chi connectivity index (χ1) is 7.58. The molecule has 0 saturated heterocycles. The average Bonchev–Trinajstić information content (AvgIpc) is 2.24. The van der Waals surface area contributed by atoms with Gasteiger partial charge in [0.25, 0.3) is 0 Å². The second-order valence-electron chi connectivity index (χ2n) is 4.14. The molecule has 0 heterocycles. The molecule has 0 aliphatic heterocycles. The predicted octanol–water partition coefficient (Wildman–Crippen LogP) is 1.82. The molecule has 0 fully saturated rings. The van der Waals surface area contributed by atoms with E-state index in [-0.39, 0.29) is 24.7 Å². The summed E-state index contributed by atoms with van der Waals surface area (Å²) in [5.74, 6) is -2.19. The summed E-state index contributed by atoms with van der Waals surface area (Å²) in [6, 6.07) is 0. The Hall–Kier alpha value is -0.900. The van der Waals surface area contributed by atoms with E-state index in [1.165, 1.54) is 0 Å². The van der Waals surface area contributed by atoms with Gasteiger partial charge in [0.15, 0.2) is 0 Å². The van der Waals surface area contributed by atoms with Crippen molar-refractivity contribution < 1.29 is 14.7 Å². The Kier molecular flexibility index (Phi) is 7.81. The Bertz CT molecular complexity index is 222. The highest BCUT2D eigenvalue weighted by Crippen LogP contribution is 2.20. The van der Waals surface area contributed by atoms with Crippen LogP contribution in [0.5, 0.6) is 0 Å². The lowest BCUT2D eigenvalue weighted by atomic mass is 9.85. The number of carbonyl (C=O) groups is 2. The third-order valence-electron chi connectivity index (χ3n) is 2.77. The largest absolute Gasteiger partial charge is 0.481 e. The van der Waals surface area contributed by atoms with Gasteiger partial charge < -0.3 is 10.8 Å². The number of ketones is 1. The monoisotopic (exact) mass is 229 g/mol. The molecule has 94 valence electrons. The standard InChI is InChI=1S/C12H23NO3/c1-3-5-9(6-4-2)11(14)10(7-8-13)12(15)16/h9-10H,3-8,13H2,1-2H3,(H,15,16). The molecule has 4 heteroatoms. The zero-order valence-corrected chi connectivity index (χ0v) is 10.2. The Morgan fingerprint density at radius 3 is 1.94 bits per heavy atom. The number of hydrogen-bond donors (Lipinski definition) is 2. The number of rotatable bonds is 9. The van der Waals surface area contributed by atoms with Gasteiger partial charge in [-0.05, 0) is 25.8 Å². The van der Waals surface area contributed by atoms with E-state index >= 15 is 0 Å². The lowest BCUT2D eigenvalue weighted by Crippen LogP contribution is -2.31. The van der Waals surface area contributed by atoms with Crippen molar-refractivity contribution in [3.63, 3.8) is 0 Å². The predicted molar refractivity (Wildman–Crippen MR) is 63.1 cm³/mol. The number of hydrogen-bond acceptors (Lipinski definition) is 3. The molecule has 0 rings (SSSR count). The molecule has 1 atom stereocenters. The smallest absolute Gasteiger partial charge is 0.314 e. The van der Waals surface area contributed by atoms with Crippen LogP contribution in [0.4, 0.5) is 0 Å². The molecule has 0 spiro atoms. The lowest BCUT2D eigenvalue weighted by Gasteiger charge is -2.18. The molecule has 0 aliphatic carbocycles. The summed E-state index contributed by atoms with van der Waals surface area (Å²) in [5.41, 5.74) is 5.34. The first-order valence-corrected chi connectivity index (χ1v) is 6.05. The number of carbonyl (C=O) groups excluding carboxylic acids is 1. The van der Waals surface area contributed by atoms with Gasteiger partial charge in [0.05, 0.1) is 0 Å². The molecular formula is C12H23NO3. The third-order valence-corrected chi connectivity index (χ3v) is 2.77. The van der Waals surface area contributed by atoms with Crippen molar-refractivity contribution in [3.8, 4) is 0 Å². The SMILES string of the molecule is CCCC(CCC)C(=O)C(CCN)C(=O)O. The molecule has 0 amide bonds. The Morgan fingerprint density at radius 2 is 1.62 bits per heavy atom. The maximum absolute atomic E-state index is 12.0. The normalized spacial score (nSPS) is 12.8. The fraction of sp³-hybridized carbons (Fsp3) is 0.833. The van der Waals surface area contributed by atoms with E-state index in [1.807, 2.05) is 13.8 Å². The minimum atomic E-state index is -1.03. The van der Waals surface area contributed by atoms with E-state index in [4.69, 9.17) is 10.8 Å². The molecule has 3 N–H and O–H groups in total. The molecule has 1 unspecified atom stereocenters. The minimum Gasteiger partial charge on any atom is -0.481 e. The highest BCUT2D eigenvalue weighted by Gasteiger charge is 2.30. The molecule has 0 saturated carbocycles. The van der Waals surface area contributed by atoms with Gasteiger partial charge >= 0.3 is 5.97 Å². The average molecular weight is 229 g/mol. The van der Waals surface area contributed by atoms with Gasteiger partial charge in [-0.25, -0.2) is 0 Å². The Labute approximate surface area is 97.2 Å². The Balaban J connectivity index is 4.58. The van der Waals surface area contributed by atoms with Gasteiger partial charge in [0.2, 0.25) is 0 Å². The van der Waals surface area contributed by atoms with Crippen LogP contribution in [0.3, 0.4) is 0 Å². The van der Waals surface area contributed by atoms with Crippen LogP contribution in [0.15, 0.2) is 0 Å². The topological polar surface area (TPSA) is 80.4 Å². The van der Waals surface area contributed by atoms with E-state index < -0.39 is 11.9 Å². The molecule has 0 aliphatic rings. The maximum Gasteiger partial charge on any atom is 0.314 e. The van der Waals surface area contributed by atoms with Crippen molar-refractivity contribution in [2.75, 3.05) is 6.54 Å². The Morgan fingerprint density at radius 1 is 1.12 bits per heavy atom. The molecule has 0 radical (unpaired) electrons. The van der Waals surface area contributed by atoms with Crippen LogP contribution >= 0.6 is 0 Å². The van der Waals surface area contributed by atoms with Crippen molar-refractivity contribution in [3.05, 3.63) is 0 Å². The van der Waals surface area contributed by atoms with E-state index in [0.29, 0.717) is 0 Å². The van der Waals surface area contributed by atoms with Gasteiger partial charge in [-0.2, -0.15) is 0 Å². The summed E-state index contributed by atoms with van der Waals surface area (Å²) >= 11 is 0. The maximum atomic E-state index is 12.0. The van der Waals surface area contributed by atoms with E-state index in [2.05, 4.69) is 0 Å². The lowest BCUT2D eigenvalue weighted by molar-refractivity contribution is -0.148. The molecule has 0 aromatic heterocycles. The second-order valence-corrected chi connectivity index (χ2v) is 4.14. The van der Waals surface area contributed by atoms with Crippen LogP contribution in [-0.2, 0) is 9.59 Å². The van der Waals surface area contributed by atoms with Crippen molar-refractivity contribution in [2.24, 2.45) is 17.6 Å². The fourth-order valence-electron chi connectivity index (χ4n) is 1.96. The van der Waals surface area contributed by atoms with Crippen LogP contribution < -0.4 is 5.73 Å². The number of aliphatic carboxylic acids is 1. The number of carboxylic acids is 1. The summed E-state index contributed by atoms with van der Waals surface area (Å²) in [7, 11) is 0.